The van der Waals surface area contributed by atoms with Gasteiger partial charge in [-0.1, -0.05) is 25.1 Å². The van der Waals surface area contributed by atoms with E-state index in [4.69, 9.17) is 4.74 Å². The van der Waals surface area contributed by atoms with Gasteiger partial charge in [0.1, 0.15) is 5.75 Å². The molecular formula is C22H31F2N3O7S. The fourth-order valence-electron chi connectivity index (χ4n) is 3.41. The van der Waals surface area contributed by atoms with E-state index in [2.05, 4.69) is 20.3 Å². The number of benzene rings is 1. The number of nitrogens with one attached hydrogen (secondary N) is 2. The number of ether oxygens (including phenoxy) is 2. The molecule has 1 atom stereocenters. The summed E-state index contributed by atoms with van der Waals surface area (Å²) in [5, 5.41) is 4.93. The van der Waals surface area contributed by atoms with Crippen molar-refractivity contribution in [2.24, 2.45) is 0 Å². The Bertz CT molecular complexity index is 970. The molecule has 1 saturated heterocycles. The van der Waals surface area contributed by atoms with Crippen LogP contribution >= 0.6 is 0 Å². The van der Waals surface area contributed by atoms with Crippen molar-refractivity contribution in [3.8, 4) is 5.75 Å². The summed E-state index contributed by atoms with van der Waals surface area (Å²) in [5.41, 5.74) is 0.0450. The maximum absolute atomic E-state index is 12.5. The van der Waals surface area contributed by atoms with Crippen molar-refractivity contribution in [3.63, 3.8) is 0 Å². The molecule has 0 bridgehead atoms. The Morgan fingerprint density at radius 1 is 1.17 bits per heavy atom. The Morgan fingerprint density at radius 2 is 1.86 bits per heavy atom. The fraction of sp³-hybridized carbons (Fsp3) is 0.591. The van der Waals surface area contributed by atoms with Crippen LogP contribution in [0.2, 0.25) is 0 Å². The second kappa shape index (κ2) is 14.0. The summed E-state index contributed by atoms with van der Waals surface area (Å²) >= 11 is 0. The zero-order valence-electron chi connectivity index (χ0n) is 19.5. The first-order chi connectivity index (χ1) is 16.6. The number of hydrogen-bond donors (Lipinski definition) is 2. The number of para-hydroxylation sites is 1. The van der Waals surface area contributed by atoms with Crippen molar-refractivity contribution in [1.29, 1.82) is 0 Å². The zero-order valence-corrected chi connectivity index (χ0v) is 20.3. The maximum Gasteiger partial charge on any atom is 0.387 e. The minimum atomic E-state index is -3.85. The first-order valence-corrected chi connectivity index (χ1v) is 13.1. The van der Waals surface area contributed by atoms with Gasteiger partial charge in [-0.05, 0) is 12.5 Å². The molecule has 1 aliphatic heterocycles. The Morgan fingerprint density at radius 3 is 2.51 bits per heavy atom. The lowest BCUT2D eigenvalue weighted by Gasteiger charge is -2.26. The van der Waals surface area contributed by atoms with Crippen LogP contribution in [0.1, 0.15) is 25.3 Å². The van der Waals surface area contributed by atoms with E-state index in [1.807, 2.05) is 0 Å². The topological polar surface area (TPSA) is 131 Å². The highest BCUT2D eigenvalue weighted by atomic mass is 32.2. The number of amides is 2. The lowest BCUT2D eigenvalue weighted by Crippen LogP contribution is -2.49. The lowest BCUT2D eigenvalue weighted by molar-refractivity contribution is -0.140. The van der Waals surface area contributed by atoms with Crippen LogP contribution in [0.5, 0.6) is 5.75 Å². The van der Waals surface area contributed by atoms with E-state index in [1.54, 1.807) is 6.92 Å². The molecule has 10 nitrogen and oxygen atoms in total. The summed E-state index contributed by atoms with van der Waals surface area (Å²) in [5.74, 6) is -3.78. The minimum Gasteiger partial charge on any atom is -0.435 e. The normalized spacial score (nSPS) is 15.4. The molecule has 196 valence electrons. The first kappa shape index (κ1) is 28.6. The van der Waals surface area contributed by atoms with E-state index in [0.717, 1.165) is 13.1 Å². The van der Waals surface area contributed by atoms with Crippen LogP contribution in [-0.2, 0) is 34.7 Å². The number of halogens is 2. The molecule has 0 aliphatic carbocycles. The highest BCUT2D eigenvalue weighted by Gasteiger charge is 2.26. The molecule has 2 N–H and O–H groups in total. The second-order valence-corrected chi connectivity index (χ2v) is 10.1. The van der Waals surface area contributed by atoms with E-state index in [-0.39, 0.29) is 24.3 Å². The third-order valence-corrected chi connectivity index (χ3v) is 6.88. The third-order valence-electron chi connectivity index (χ3n) is 5.31. The predicted molar refractivity (Wildman–Crippen MR) is 123 cm³/mol. The molecule has 1 unspecified atom stereocenters. The summed E-state index contributed by atoms with van der Waals surface area (Å²) in [6.45, 7) is 2.05. The van der Waals surface area contributed by atoms with Gasteiger partial charge in [0.05, 0.1) is 30.8 Å². The van der Waals surface area contributed by atoms with Gasteiger partial charge in [0.2, 0.25) is 11.7 Å². The van der Waals surface area contributed by atoms with Crippen molar-refractivity contribution in [2.75, 3.05) is 45.1 Å². The molecule has 0 aromatic heterocycles. The van der Waals surface area contributed by atoms with Crippen molar-refractivity contribution in [1.82, 2.24) is 15.5 Å². The number of morpholine rings is 1. The lowest BCUT2D eigenvalue weighted by atomic mass is 10.1. The Kier molecular flexibility index (Phi) is 11.5. The number of rotatable bonds is 14. The summed E-state index contributed by atoms with van der Waals surface area (Å²) < 4.78 is 59.5. The molecule has 1 aliphatic rings. The fourth-order valence-corrected chi connectivity index (χ4v) is 4.76. The van der Waals surface area contributed by atoms with Crippen LogP contribution in [0.3, 0.4) is 0 Å². The van der Waals surface area contributed by atoms with Crippen molar-refractivity contribution >= 4 is 27.4 Å². The molecule has 35 heavy (non-hydrogen) atoms. The van der Waals surface area contributed by atoms with E-state index in [9.17, 15) is 31.6 Å². The van der Waals surface area contributed by atoms with E-state index < -0.39 is 58.0 Å². The van der Waals surface area contributed by atoms with Gasteiger partial charge in [-0.2, -0.15) is 8.78 Å². The molecule has 2 amide bonds. The van der Waals surface area contributed by atoms with Crippen molar-refractivity contribution in [2.45, 2.75) is 38.2 Å². The van der Waals surface area contributed by atoms with Crippen LogP contribution in [0, 0.1) is 0 Å². The van der Waals surface area contributed by atoms with Crippen molar-refractivity contribution in [3.05, 3.63) is 29.8 Å². The average molecular weight is 520 g/mol. The van der Waals surface area contributed by atoms with Crippen molar-refractivity contribution < 1.29 is 41.1 Å². The van der Waals surface area contributed by atoms with Crippen LogP contribution in [0.15, 0.2) is 24.3 Å². The van der Waals surface area contributed by atoms with Gasteiger partial charge in [-0.3, -0.25) is 19.3 Å². The molecule has 1 fully saturated rings. The zero-order chi connectivity index (χ0) is 25.8. The number of carbonyl (C=O) groups is 3. The van der Waals surface area contributed by atoms with Gasteiger partial charge in [-0.25, -0.2) is 8.42 Å². The molecule has 1 heterocycles. The average Bonchev–Trinajstić information content (AvgIpc) is 2.82. The summed E-state index contributed by atoms with van der Waals surface area (Å²) in [7, 11) is -3.85. The number of Topliss-reactive ketones (excluding diaryl/α,β-unsaturated/α-hetero) is 1. The quantitative estimate of drug-likeness (QED) is 0.340. The molecule has 0 radical (unpaired) electrons. The molecule has 1 aromatic rings. The van der Waals surface area contributed by atoms with E-state index in [0.29, 0.717) is 19.8 Å². The van der Waals surface area contributed by atoms with Crippen LogP contribution in [0.25, 0.3) is 0 Å². The highest BCUT2D eigenvalue weighted by molar-refractivity contribution is 7.90. The summed E-state index contributed by atoms with van der Waals surface area (Å²) in [6, 6.07) is 4.40. The first-order valence-electron chi connectivity index (χ1n) is 11.3. The van der Waals surface area contributed by atoms with E-state index in [1.165, 1.54) is 24.3 Å². The van der Waals surface area contributed by atoms with Gasteiger partial charge >= 0.3 is 6.61 Å². The Labute approximate surface area is 203 Å². The smallest absolute Gasteiger partial charge is 0.387 e. The van der Waals surface area contributed by atoms with Crippen LogP contribution in [-0.4, -0.2) is 88.7 Å². The van der Waals surface area contributed by atoms with Gasteiger partial charge in [0, 0.05) is 38.2 Å². The number of hydrogen-bond acceptors (Lipinski definition) is 8. The maximum atomic E-state index is 12.5. The van der Waals surface area contributed by atoms with Gasteiger partial charge in [0.15, 0.2) is 9.84 Å². The predicted octanol–water partition coefficient (Wildman–Crippen LogP) is 0.505. The number of alkyl halides is 2. The molecule has 2 rings (SSSR count). The minimum absolute atomic E-state index is 0.0450. The SMILES string of the molecule is CCC(NC(=O)CCS(=O)(=O)Cc1ccccc1OC(F)F)C(=O)C(=O)NCCN1CCOCC1. The molecule has 0 spiro atoms. The number of ketones is 1. The van der Waals surface area contributed by atoms with Gasteiger partial charge < -0.3 is 20.1 Å². The largest absolute Gasteiger partial charge is 0.435 e. The monoisotopic (exact) mass is 519 g/mol. The standard InChI is InChI=1S/C22H31F2N3O7S/c1-2-17(20(29)21(30)25-8-9-27-10-12-33-13-11-27)26-19(28)7-14-35(31,32)15-16-5-3-4-6-18(16)34-22(23)24/h3-6,17,22H,2,7-15H2,1H3,(H,25,30)(H,26,28). The van der Waals surface area contributed by atoms with Crippen LogP contribution < -0.4 is 15.4 Å². The second-order valence-electron chi connectivity index (χ2n) is 7.93. The molecule has 0 saturated carbocycles. The van der Waals surface area contributed by atoms with E-state index >= 15 is 0 Å². The number of sulfone groups is 1. The summed E-state index contributed by atoms with van der Waals surface area (Å²) in [4.78, 5) is 38.9. The highest BCUT2D eigenvalue weighted by Crippen LogP contribution is 2.22. The Balaban J connectivity index is 1.81. The van der Waals surface area contributed by atoms with Gasteiger partial charge in [-0.15, -0.1) is 0 Å². The molecular weight excluding hydrogens is 488 g/mol. The van der Waals surface area contributed by atoms with Crippen LogP contribution in [0.4, 0.5) is 8.78 Å². The third kappa shape index (κ3) is 10.2. The van der Waals surface area contributed by atoms with Gasteiger partial charge in [0.25, 0.3) is 5.91 Å². The summed E-state index contributed by atoms with van der Waals surface area (Å²) in [6.07, 6.45) is -0.310. The Hall–Kier alpha value is -2.64. The molecule has 1 aromatic carbocycles. The number of carbonyl (C=O) groups excluding carboxylic acids is 3. The number of nitrogens with zero attached hydrogens (tertiary/aromatic N) is 1. The molecule has 13 heteroatoms.